The Morgan fingerprint density at radius 3 is 2.42 bits per heavy atom. The van der Waals surface area contributed by atoms with Crippen LogP contribution in [0, 0.1) is 6.92 Å². The van der Waals surface area contributed by atoms with Crippen molar-refractivity contribution in [1.82, 2.24) is 10.2 Å². The van der Waals surface area contributed by atoms with Gasteiger partial charge in [0.25, 0.3) is 0 Å². The number of hydrogen-bond acceptors (Lipinski definition) is 3. The highest BCUT2D eigenvalue weighted by Crippen LogP contribution is 2.21. The summed E-state index contributed by atoms with van der Waals surface area (Å²) in [5, 5.41) is 17.4. The van der Waals surface area contributed by atoms with E-state index in [1.54, 1.807) is 19.9 Å². The molecule has 0 unspecified atom stereocenters. The Morgan fingerprint density at radius 2 is 2.00 bits per heavy atom. The van der Waals surface area contributed by atoms with E-state index in [1.807, 2.05) is 6.92 Å². The summed E-state index contributed by atoms with van der Waals surface area (Å²) >= 11 is 5.61. The lowest BCUT2D eigenvalue weighted by Gasteiger charge is -2.17. The molecule has 0 aliphatic carbocycles. The van der Waals surface area contributed by atoms with Crippen LogP contribution >= 0.6 is 11.6 Å². The van der Waals surface area contributed by atoms with Gasteiger partial charge in [0.1, 0.15) is 5.60 Å². The average Bonchev–Trinajstić information content (AvgIpc) is 1.83. The normalized spacial score (nSPS) is 11.8. The number of rotatable bonds is 1. The van der Waals surface area contributed by atoms with E-state index in [0.29, 0.717) is 10.8 Å². The highest BCUT2D eigenvalue weighted by atomic mass is 35.5. The minimum absolute atomic E-state index is 0.348. The van der Waals surface area contributed by atoms with Gasteiger partial charge in [-0.05, 0) is 32.4 Å². The van der Waals surface area contributed by atoms with Crippen molar-refractivity contribution in [2.75, 3.05) is 0 Å². The number of aryl methyl sites for hydroxylation is 1. The first kappa shape index (κ1) is 9.42. The van der Waals surface area contributed by atoms with E-state index < -0.39 is 5.60 Å². The Morgan fingerprint density at radius 1 is 1.42 bits per heavy atom. The predicted octanol–water partition coefficient (Wildman–Crippen LogP) is 1.67. The van der Waals surface area contributed by atoms with Crippen molar-refractivity contribution in [2.45, 2.75) is 26.4 Å². The van der Waals surface area contributed by atoms with Crippen molar-refractivity contribution in [2.24, 2.45) is 0 Å². The molecule has 0 fully saturated rings. The van der Waals surface area contributed by atoms with Crippen LogP contribution in [0.4, 0.5) is 0 Å². The second kappa shape index (κ2) is 2.99. The van der Waals surface area contributed by atoms with Gasteiger partial charge in [0.2, 0.25) is 0 Å². The first-order chi connectivity index (χ1) is 5.41. The highest BCUT2D eigenvalue weighted by Gasteiger charge is 2.20. The smallest absolute Gasteiger partial charge is 0.151 e. The first-order valence-corrected chi connectivity index (χ1v) is 4.02. The molecule has 12 heavy (non-hydrogen) atoms. The molecule has 1 rings (SSSR count). The van der Waals surface area contributed by atoms with E-state index >= 15 is 0 Å². The van der Waals surface area contributed by atoms with Crippen molar-refractivity contribution < 1.29 is 5.11 Å². The van der Waals surface area contributed by atoms with Crippen LogP contribution in [0.5, 0.6) is 0 Å². The third-order valence-corrected chi connectivity index (χ3v) is 1.72. The summed E-state index contributed by atoms with van der Waals surface area (Å²) in [5.74, 6) is 0. The van der Waals surface area contributed by atoms with Crippen molar-refractivity contribution in [1.29, 1.82) is 0 Å². The third-order valence-electron chi connectivity index (χ3n) is 1.53. The lowest BCUT2D eigenvalue weighted by molar-refractivity contribution is 0.0721. The Balaban J connectivity index is 3.19. The molecule has 1 aromatic heterocycles. The van der Waals surface area contributed by atoms with Crippen molar-refractivity contribution in [3.05, 3.63) is 22.5 Å². The topological polar surface area (TPSA) is 46.0 Å². The van der Waals surface area contributed by atoms with Crippen LogP contribution in [0.3, 0.4) is 0 Å². The standard InChI is InChI=1S/C8H11ClN2O/c1-5-4-6(9)10-11-7(5)8(2,3)12/h4,12H,1-3H3. The number of hydrogen-bond donors (Lipinski definition) is 1. The Hall–Kier alpha value is -0.670. The first-order valence-electron chi connectivity index (χ1n) is 3.64. The molecule has 66 valence electrons. The average molecular weight is 187 g/mol. The van der Waals surface area contributed by atoms with Gasteiger partial charge in [-0.1, -0.05) is 11.6 Å². The van der Waals surface area contributed by atoms with E-state index in [2.05, 4.69) is 10.2 Å². The molecule has 1 aromatic rings. The summed E-state index contributed by atoms with van der Waals surface area (Å²) in [4.78, 5) is 0. The predicted molar refractivity (Wildman–Crippen MR) is 47.0 cm³/mol. The fraction of sp³-hybridized carbons (Fsp3) is 0.500. The van der Waals surface area contributed by atoms with E-state index in [1.165, 1.54) is 0 Å². The van der Waals surface area contributed by atoms with E-state index in [0.717, 1.165) is 5.56 Å². The molecule has 0 aliphatic rings. The lowest BCUT2D eigenvalue weighted by atomic mass is 10.0. The summed E-state index contributed by atoms with van der Waals surface area (Å²) < 4.78 is 0. The van der Waals surface area contributed by atoms with Gasteiger partial charge in [-0.2, -0.15) is 5.10 Å². The van der Waals surface area contributed by atoms with Crippen LogP contribution in [0.1, 0.15) is 25.1 Å². The summed E-state index contributed by atoms with van der Waals surface area (Å²) in [6.07, 6.45) is 0. The number of halogens is 1. The van der Waals surface area contributed by atoms with E-state index in [9.17, 15) is 5.11 Å². The molecule has 4 heteroatoms. The molecule has 0 saturated carbocycles. The van der Waals surface area contributed by atoms with Gasteiger partial charge in [-0.15, -0.1) is 5.10 Å². The molecule has 0 bridgehead atoms. The fourth-order valence-corrected chi connectivity index (χ4v) is 1.26. The van der Waals surface area contributed by atoms with Crippen molar-refractivity contribution >= 4 is 11.6 Å². The van der Waals surface area contributed by atoms with Gasteiger partial charge in [0, 0.05) is 0 Å². The molecule has 0 spiro atoms. The maximum atomic E-state index is 9.62. The molecule has 1 heterocycles. The lowest BCUT2D eigenvalue weighted by Crippen LogP contribution is -2.19. The maximum Gasteiger partial charge on any atom is 0.151 e. The fourth-order valence-electron chi connectivity index (χ4n) is 1.06. The van der Waals surface area contributed by atoms with E-state index in [4.69, 9.17) is 11.6 Å². The van der Waals surface area contributed by atoms with Crippen LogP contribution in [0.2, 0.25) is 5.15 Å². The van der Waals surface area contributed by atoms with E-state index in [-0.39, 0.29) is 0 Å². The molecular formula is C8H11ClN2O. The molecule has 0 amide bonds. The van der Waals surface area contributed by atoms with Crippen LogP contribution in [-0.4, -0.2) is 15.3 Å². The Bertz CT molecular complexity index is 294. The zero-order chi connectivity index (χ0) is 9.35. The van der Waals surface area contributed by atoms with Crippen LogP contribution in [0.25, 0.3) is 0 Å². The summed E-state index contributed by atoms with van der Waals surface area (Å²) in [7, 11) is 0. The summed E-state index contributed by atoms with van der Waals surface area (Å²) in [5.41, 5.74) is 0.455. The third kappa shape index (κ3) is 1.93. The SMILES string of the molecule is Cc1cc(Cl)nnc1C(C)(C)O. The van der Waals surface area contributed by atoms with Gasteiger partial charge >= 0.3 is 0 Å². The van der Waals surface area contributed by atoms with Gasteiger partial charge < -0.3 is 5.11 Å². The zero-order valence-electron chi connectivity index (χ0n) is 7.30. The van der Waals surface area contributed by atoms with Gasteiger partial charge in [0.05, 0.1) is 5.69 Å². The zero-order valence-corrected chi connectivity index (χ0v) is 8.05. The minimum atomic E-state index is -0.957. The van der Waals surface area contributed by atoms with Gasteiger partial charge in [-0.25, -0.2) is 0 Å². The number of aromatic nitrogens is 2. The van der Waals surface area contributed by atoms with Crippen LogP contribution < -0.4 is 0 Å². The molecule has 1 N–H and O–H groups in total. The van der Waals surface area contributed by atoms with Crippen molar-refractivity contribution in [3.63, 3.8) is 0 Å². The van der Waals surface area contributed by atoms with Gasteiger partial charge in [0.15, 0.2) is 5.15 Å². The largest absolute Gasteiger partial charge is 0.384 e. The summed E-state index contributed by atoms with van der Waals surface area (Å²) in [6, 6.07) is 1.68. The molecule has 0 saturated heterocycles. The second-order valence-electron chi connectivity index (χ2n) is 3.26. The molecule has 0 atom stereocenters. The van der Waals surface area contributed by atoms with Crippen LogP contribution in [0.15, 0.2) is 6.07 Å². The second-order valence-corrected chi connectivity index (χ2v) is 3.64. The number of nitrogens with zero attached hydrogens (tertiary/aromatic N) is 2. The van der Waals surface area contributed by atoms with Crippen LogP contribution in [-0.2, 0) is 5.60 Å². The molecular weight excluding hydrogens is 176 g/mol. The highest BCUT2D eigenvalue weighted by molar-refractivity contribution is 6.29. The van der Waals surface area contributed by atoms with Crippen molar-refractivity contribution in [3.8, 4) is 0 Å². The Labute approximate surface area is 76.4 Å². The quantitative estimate of drug-likeness (QED) is 0.726. The maximum absolute atomic E-state index is 9.62. The number of aliphatic hydroxyl groups is 1. The molecule has 3 nitrogen and oxygen atoms in total. The minimum Gasteiger partial charge on any atom is -0.384 e. The Kier molecular flexibility index (Phi) is 2.35. The summed E-state index contributed by atoms with van der Waals surface area (Å²) in [6.45, 7) is 5.17. The monoisotopic (exact) mass is 186 g/mol. The molecule has 0 radical (unpaired) electrons. The molecule has 0 aliphatic heterocycles. The van der Waals surface area contributed by atoms with Gasteiger partial charge in [-0.3, -0.25) is 0 Å². The molecule has 0 aromatic carbocycles.